The Morgan fingerprint density at radius 2 is 2.03 bits per heavy atom. The van der Waals surface area contributed by atoms with E-state index in [2.05, 4.69) is 10.3 Å². The molecule has 0 spiro atoms. The van der Waals surface area contributed by atoms with Crippen LogP contribution < -0.4 is 5.32 Å². The number of aromatic nitrogens is 3. The summed E-state index contributed by atoms with van der Waals surface area (Å²) in [6.45, 7) is 3.71. The van der Waals surface area contributed by atoms with Crippen molar-refractivity contribution < 1.29 is 9.53 Å². The van der Waals surface area contributed by atoms with Gasteiger partial charge in [-0.2, -0.15) is 5.10 Å². The van der Waals surface area contributed by atoms with Crippen molar-refractivity contribution in [1.82, 2.24) is 25.0 Å². The largest absolute Gasteiger partial charge is 0.382 e. The SMILES string of the molecule is CCOCCCN1C(=O)/C(=C\c2cn(-c3ccccc3)nc2-c2cccnc2)NC1=S. The van der Waals surface area contributed by atoms with Gasteiger partial charge in [0.15, 0.2) is 5.11 Å². The average Bonchev–Trinajstić information content (AvgIpc) is 3.34. The second-order valence-electron chi connectivity index (χ2n) is 6.95. The Morgan fingerprint density at radius 1 is 1.19 bits per heavy atom. The van der Waals surface area contributed by atoms with Crippen LogP contribution in [0.15, 0.2) is 66.8 Å². The number of rotatable bonds is 8. The van der Waals surface area contributed by atoms with Crippen LogP contribution in [0.3, 0.4) is 0 Å². The van der Waals surface area contributed by atoms with Gasteiger partial charge < -0.3 is 10.1 Å². The second-order valence-corrected chi connectivity index (χ2v) is 7.34. The predicted octanol–water partition coefficient (Wildman–Crippen LogP) is 3.42. The third-order valence-electron chi connectivity index (χ3n) is 4.83. The minimum atomic E-state index is -0.147. The predicted molar refractivity (Wildman–Crippen MR) is 123 cm³/mol. The van der Waals surface area contributed by atoms with Gasteiger partial charge in [-0.25, -0.2) is 4.68 Å². The van der Waals surface area contributed by atoms with E-state index in [1.165, 1.54) is 0 Å². The van der Waals surface area contributed by atoms with Gasteiger partial charge >= 0.3 is 0 Å². The fourth-order valence-corrected chi connectivity index (χ4v) is 3.62. The van der Waals surface area contributed by atoms with E-state index in [4.69, 9.17) is 22.1 Å². The van der Waals surface area contributed by atoms with E-state index in [1.54, 1.807) is 28.1 Å². The number of benzene rings is 1. The molecule has 0 aliphatic carbocycles. The molecule has 3 heterocycles. The molecule has 1 saturated heterocycles. The van der Waals surface area contributed by atoms with E-state index in [0.717, 1.165) is 28.9 Å². The summed E-state index contributed by atoms with van der Waals surface area (Å²) in [5.74, 6) is -0.147. The Morgan fingerprint density at radius 3 is 2.77 bits per heavy atom. The Kier molecular flexibility index (Phi) is 6.49. The lowest BCUT2D eigenvalue weighted by Gasteiger charge is -2.13. The molecule has 1 amide bonds. The summed E-state index contributed by atoms with van der Waals surface area (Å²) in [4.78, 5) is 18.7. The molecule has 1 N–H and O–H groups in total. The molecule has 2 aromatic heterocycles. The number of carbonyl (C=O) groups excluding carboxylic acids is 1. The van der Waals surface area contributed by atoms with E-state index in [1.807, 2.05) is 55.6 Å². The van der Waals surface area contributed by atoms with Gasteiger partial charge in [0.25, 0.3) is 5.91 Å². The van der Waals surface area contributed by atoms with Crippen molar-refractivity contribution in [2.45, 2.75) is 13.3 Å². The fourth-order valence-electron chi connectivity index (χ4n) is 3.33. The number of hydrogen-bond donors (Lipinski definition) is 1. The van der Waals surface area contributed by atoms with Gasteiger partial charge in [0.05, 0.1) is 5.69 Å². The summed E-state index contributed by atoms with van der Waals surface area (Å²) in [5, 5.41) is 8.21. The number of thiocarbonyl (C=S) groups is 1. The van der Waals surface area contributed by atoms with Gasteiger partial charge in [0, 0.05) is 49.5 Å². The fraction of sp³-hybridized carbons (Fsp3) is 0.217. The van der Waals surface area contributed by atoms with Gasteiger partial charge in [0.1, 0.15) is 11.4 Å². The molecule has 7 nitrogen and oxygen atoms in total. The standard InChI is InChI=1S/C23H23N5O2S/c1-2-30-13-7-12-27-22(29)20(25-23(27)31)14-18-16-28(19-9-4-3-5-10-19)26-21(18)17-8-6-11-24-15-17/h3-6,8-11,14-16H,2,7,12-13H2,1H3,(H,25,31)/b20-14+. The molecule has 0 saturated carbocycles. The van der Waals surface area contributed by atoms with Gasteiger partial charge in [-0.3, -0.25) is 14.7 Å². The minimum absolute atomic E-state index is 0.147. The first-order chi connectivity index (χ1) is 15.2. The zero-order valence-electron chi connectivity index (χ0n) is 17.2. The molecule has 0 radical (unpaired) electrons. The van der Waals surface area contributed by atoms with Crippen molar-refractivity contribution in [1.29, 1.82) is 0 Å². The van der Waals surface area contributed by atoms with E-state index < -0.39 is 0 Å². The maximum Gasteiger partial charge on any atom is 0.276 e. The Hall–Kier alpha value is -3.36. The van der Waals surface area contributed by atoms with Crippen LogP contribution in [0.5, 0.6) is 0 Å². The van der Waals surface area contributed by atoms with E-state index >= 15 is 0 Å². The third-order valence-corrected chi connectivity index (χ3v) is 5.16. The number of ether oxygens (including phenoxy) is 1. The van der Waals surface area contributed by atoms with Crippen molar-refractivity contribution in [3.8, 4) is 16.9 Å². The lowest BCUT2D eigenvalue weighted by atomic mass is 10.1. The summed E-state index contributed by atoms with van der Waals surface area (Å²) in [7, 11) is 0. The van der Waals surface area contributed by atoms with Crippen LogP contribution in [0.4, 0.5) is 0 Å². The zero-order valence-corrected chi connectivity index (χ0v) is 18.0. The molecule has 8 heteroatoms. The van der Waals surface area contributed by atoms with E-state index in [-0.39, 0.29) is 5.91 Å². The normalized spacial score (nSPS) is 15.0. The lowest BCUT2D eigenvalue weighted by molar-refractivity contribution is -0.122. The highest BCUT2D eigenvalue weighted by molar-refractivity contribution is 7.80. The average molecular weight is 434 g/mol. The third kappa shape index (κ3) is 4.70. The summed E-state index contributed by atoms with van der Waals surface area (Å²) in [5.41, 5.74) is 3.76. The molecule has 0 bridgehead atoms. The topological polar surface area (TPSA) is 72.3 Å². The zero-order chi connectivity index (χ0) is 21.6. The molecule has 1 fully saturated rings. The van der Waals surface area contributed by atoms with Crippen LogP contribution in [-0.4, -0.2) is 50.4 Å². The van der Waals surface area contributed by atoms with Crippen LogP contribution in [0.25, 0.3) is 23.0 Å². The van der Waals surface area contributed by atoms with Crippen LogP contribution >= 0.6 is 12.2 Å². The summed E-state index contributed by atoms with van der Waals surface area (Å²) >= 11 is 5.38. The molecular weight excluding hydrogens is 410 g/mol. The first-order valence-electron chi connectivity index (χ1n) is 10.1. The molecule has 3 aromatic rings. The van der Waals surface area contributed by atoms with Crippen molar-refractivity contribution in [2.75, 3.05) is 19.8 Å². The molecule has 0 atom stereocenters. The summed E-state index contributed by atoms with van der Waals surface area (Å²) in [6.07, 6.45) is 7.90. The van der Waals surface area contributed by atoms with Crippen molar-refractivity contribution >= 4 is 29.3 Å². The number of carbonyl (C=O) groups is 1. The van der Waals surface area contributed by atoms with Crippen LogP contribution in [0.2, 0.25) is 0 Å². The molecule has 1 aliphatic rings. The quantitative estimate of drug-likeness (QED) is 0.333. The molecule has 31 heavy (non-hydrogen) atoms. The highest BCUT2D eigenvalue weighted by atomic mass is 32.1. The van der Waals surface area contributed by atoms with Crippen molar-refractivity contribution in [2.24, 2.45) is 0 Å². The lowest BCUT2D eigenvalue weighted by Crippen LogP contribution is -2.32. The number of hydrogen-bond acceptors (Lipinski definition) is 5. The smallest absolute Gasteiger partial charge is 0.276 e. The highest BCUT2D eigenvalue weighted by Gasteiger charge is 2.30. The highest BCUT2D eigenvalue weighted by Crippen LogP contribution is 2.26. The van der Waals surface area contributed by atoms with Gasteiger partial charge in [-0.15, -0.1) is 0 Å². The number of amides is 1. The van der Waals surface area contributed by atoms with E-state index in [0.29, 0.717) is 30.6 Å². The number of pyridine rings is 1. The number of para-hydroxylation sites is 1. The van der Waals surface area contributed by atoms with Crippen LogP contribution in [0.1, 0.15) is 18.9 Å². The van der Waals surface area contributed by atoms with Gasteiger partial charge in [-0.05, 0) is 55.9 Å². The summed E-state index contributed by atoms with van der Waals surface area (Å²) in [6, 6.07) is 13.6. The monoisotopic (exact) mass is 433 g/mol. The second kappa shape index (κ2) is 9.63. The maximum absolute atomic E-state index is 12.9. The molecule has 1 aromatic carbocycles. The minimum Gasteiger partial charge on any atom is -0.382 e. The maximum atomic E-state index is 12.9. The number of nitrogens with one attached hydrogen (secondary N) is 1. The molecule has 0 unspecified atom stereocenters. The van der Waals surface area contributed by atoms with E-state index in [9.17, 15) is 4.79 Å². The molecule has 158 valence electrons. The molecular formula is C23H23N5O2S. The van der Waals surface area contributed by atoms with Crippen LogP contribution in [-0.2, 0) is 9.53 Å². The molecule has 4 rings (SSSR count). The Bertz CT molecular complexity index is 1100. The van der Waals surface area contributed by atoms with Gasteiger partial charge in [0.2, 0.25) is 0 Å². The molecule has 1 aliphatic heterocycles. The summed E-state index contributed by atoms with van der Waals surface area (Å²) < 4.78 is 7.16. The first kappa shape index (κ1) is 20.9. The van der Waals surface area contributed by atoms with Crippen molar-refractivity contribution in [3.63, 3.8) is 0 Å². The van der Waals surface area contributed by atoms with Crippen LogP contribution in [0, 0.1) is 0 Å². The Balaban J connectivity index is 1.65. The first-order valence-corrected chi connectivity index (χ1v) is 10.6. The van der Waals surface area contributed by atoms with Gasteiger partial charge in [-0.1, -0.05) is 18.2 Å². The number of nitrogens with zero attached hydrogens (tertiary/aromatic N) is 4. The van der Waals surface area contributed by atoms with Crippen molar-refractivity contribution in [3.05, 3.63) is 72.3 Å². The Labute approximate surface area is 186 Å².